The first-order chi connectivity index (χ1) is 15.9. The summed E-state index contributed by atoms with van der Waals surface area (Å²) in [5.41, 5.74) is 5.12. The summed E-state index contributed by atoms with van der Waals surface area (Å²) in [6, 6.07) is 22.4. The van der Waals surface area contributed by atoms with Crippen LogP contribution in [0.5, 0.6) is 5.75 Å². The zero-order chi connectivity index (χ0) is 23.4. The molecular formula is C27H25N3O3. The van der Waals surface area contributed by atoms with Crippen LogP contribution in [0.1, 0.15) is 29.8 Å². The van der Waals surface area contributed by atoms with Crippen LogP contribution in [0.4, 0.5) is 11.4 Å². The third-order valence-electron chi connectivity index (χ3n) is 5.14. The first kappa shape index (κ1) is 22.0. The van der Waals surface area contributed by atoms with E-state index in [1.807, 2.05) is 80.6 Å². The highest BCUT2D eigenvalue weighted by Gasteiger charge is 2.16. The minimum absolute atomic E-state index is 0.131. The van der Waals surface area contributed by atoms with Crippen LogP contribution in [-0.4, -0.2) is 23.4 Å². The van der Waals surface area contributed by atoms with Crippen LogP contribution >= 0.6 is 0 Å². The normalized spacial score (nSPS) is 10.6. The third-order valence-corrected chi connectivity index (χ3v) is 5.14. The van der Waals surface area contributed by atoms with Gasteiger partial charge in [0.05, 0.1) is 29.1 Å². The summed E-state index contributed by atoms with van der Waals surface area (Å²) in [6.45, 7) is 5.86. The minimum Gasteiger partial charge on any atom is -0.492 e. The molecule has 6 heteroatoms. The van der Waals surface area contributed by atoms with Gasteiger partial charge < -0.3 is 15.4 Å². The quantitative estimate of drug-likeness (QED) is 0.397. The predicted octanol–water partition coefficient (Wildman–Crippen LogP) is 5.82. The lowest BCUT2D eigenvalue weighted by Crippen LogP contribution is -2.14. The standard InChI is InChI=1S/C27H25N3O3/c1-4-33-26-8-6-5-7-24(26)30-27(32)22-16-25(29-23-14-9-17(2)15-21(22)23)19-10-12-20(13-11-19)28-18(3)31/h5-16H,4H2,1-3H3,(H,28,31)(H,30,32). The molecule has 1 heterocycles. The number of aryl methyl sites for hydroxylation is 1. The molecule has 6 nitrogen and oxygen atoms in total. The topological polar surface area (TPSA) is 80.3 Å². The van der Waals surface area contributed by atoms with Gasteiger partial charge in [0.1, 0.15) is 5.75 Å². The molecule has 33 heavy (non-hydrogen) atoms. The van der Waals surface area contributed by atoms with Crippen molar-refractivity contribution in [3.8, 4) is 17.0 Å². The second kappa shape index (κ2) is 9.53. The summed E-state index contributed by atoms with van der Waals surface area (Å²) in [6.07, 6.45) is 0. The number of rotatable bonds is 6. The highest BCUT2D eigenvalue weighted by atomic mass is 16.5. The van der Waals surface area contributed by atoms with Crippen molar-refractivity contribution in [3.05, 3.63) is 83.9 Å². The molecule has 0 spiro atoms. The van der Waals surface area contributed by atoms with Crippen molar-refractivity contribution < 1.29 is 14.3 Å². The fraction of sp³-hybridized carbons (Fsp3) is 0.148. The van der Waals surface area contributed by atoms with Crippen molar-refractivity contribution in [1.82, 2.24) is 4.98 Å². The molecule has 0 fully saturated rings. The molecular weight excluding hydrogens is 414 g/mol. The van der Waals surface area contributed by atoms with Crippen molar-refractivity contribution in [3.63, 3.8) is 0 Å². The molecule has 0 saturated heterocycles. The molecule has 0 atom stereocenters. The Morgan fingerprint density at radius 1 is 0.939 bits per heavy atom. The van der Waals surface area contributed by atoms with Crippen LogP contribution in [0.3, 0.4) is 0 Å². The van der Waals surface area contributed by atoms with Crippen LogP contribution < -0.4 is 15.4 Å². The summed E-state index contributed by atoms with van der Waals surface area (Å²) in [4.78, 5) is 29.5. The van der Waals surface area contributed by atoms with Crippen LogP contribution in [0.15, 0.2) is 72.8 Å². The highest BCUT2D eigenvalue weighted by molar-refractivity contribution is 6.13. The van der Waals surface area contributed by atoms with E-state index in [2.05, 4.69) is 10.6 Å². The SMILES string of the molecule is CCOc1ccccc1NC(=O)c1cc(-c2ccc(NC(C)=O)cc2)nc2ccc(C)cc12. The second-order valence-corrected chi connectivity index (χ2v) is 7.72. The molecule has 1 aromatic heterocycles. The summed E-state index contributed by atoms with van der Waals surface area (Å²) in [5.74, 6) is 0.251. The van der Waals surface area contributed by atoms with Crippen molar-refractivity contribution in [1.29, 1.82) is 0 Å². The molecule has 0 saturated carbocycles. The van der Waals surface area contributed by atoms with Crippen molar-refractivity contribution in [2.45, 2.75) is 20.8 Å². The maximum absolute atomic E-state index is 13.4. The zero-order valence-electron chi connectivity index (χ0n) is 18.8. The number of nitrogens with zero attached hydrogens (tertiary/aromatic N) is 1. The maximum Gasteiger partial charge on any atom is 0.256 e. The van der Waals surface area contributed by atoms with Gasteiger partial charge in [-0.05, 0) is 56.3 Å². The fourth-order valence-corrected chi connectivity index (χ4v) is 3.64. The van der Waals surface area contributed by atoms with Crippen LogP contribution in [0.2, 0.25) is 0 Å². The van der Waals surface area contributed by atoms with Gasteiger partial charge in [0, 0.05) is 23.6 Å². The number of anilines is 2. The van der Waals surface area contributed by atoms with E-state index in [0.717, 1.165) is 22.0 Å². The summed E-state index contributed by atoms with van der Waals surface area (Å²) in [5, 5.41) is 6.53. The molecule has 2 amide bonds. The van der Waals surface area contributed by atoms with Gasteiger partial charge in [-0.3, -0.25) is 9.59 Å². The number of carbonyl (C=O) groups is 2. The van der Waals surface area contributed by atoms with E-state index in [4.69, 9.17) is 9.72 Å². The number of hydrogen-bond donors (Lipinski definition) is 2. The van der Waals surface area contributed by atoms with Crippen molar-refractivity contribution in [2.75, 3.05) is 17.2 Å². The molecule has 166 valence electrons. The lowest BCUT2D eigenvalue weighted by Gasteiger charge is -2.14. The molecule has 0 aliphatic heterocycles. The number of nitrogens with one attached hydrogen (secondary N) is 2. The Kier molecular flexibility index (Phi) is 6.36. The van der Waals surface area contributed by atoms with Crippen LogP contribution in [0, 0.1) is 6.92 Å². The number of carbonyl (C=O) groups excluding carboxylic acids is 2. The molecule has 2 N–H and O–H groups in total. The number of aromatic nitrogens is 1. The van der Waals surface area contributed by atoms with Crippen molar-refractivity contribution >= 4 is 34.1 Å². The lowest BCUT2D eigenvalue weighted by atomic mass is 10.0. The van der Waals surface area contributed by atoms with Gasteiger partial charge in [0.2, 0.25) is 5.91 Å². The average molecular weight is 440 g/mol. The minimum atomic E-state index is -0.240. The van der Waals surface area contributed by atoms with Crippen LogP contribution in [0.25, 0.3) is 22.2 Å². The fourth-order valence-electron chi connectivity index (χ4n) is 3.64. The van der Waals surface area contributed by atoms with Gasteiger partial charge in [-0.15, -0.1) is 0 Å². The largest absolute Gasteiger partial charge is 0.492 e. The van der Waals surface area contributed by atoms with E-state index in [9.17, 15) is 9.59 Å². The van der Waals surface area contributed by atoms with Gasteiger partial charge in [0.15, 0.2) is 0 Å². The highest BCUT2D eigenvalue weighted by Crippen LogP contribution is 2.29. The monoisotopic (exact) mass is 439 g/mol. The maximum atomic E-state index is 13.4. The predicted molar refractivity (Wildman–Crippen MR) is 132 cm³/mol. The van der Waals surface area contributed by atoms with Crippen LogP contribution in [-0.2, 0) is 4.79 Å². The van der Waals surface area contributed by atoms with Gasteiger partial charge in [-0.1, -0.05) is 35.9 Å². The molecule has 0 aliphatic carbocycles. The van der Waals surface area contributed by atoms with Gasteiger partial charge in [-0.2, -0.15) is 0 Å². The van der Waals surface area contributed by atoms with E-state index in [0.29, 0.717) is 35.0 Å². The number of pyridine rings is 1. The Balaban J connectivity index is 1.76. The van der Waals surface area contributed by atoms with E-state index in [1.54, 1.807) is 6.07 Å². The summed E-state index contributed by atoms with van der Waals surface area (Å²) < 4.78 is 5.66. The van der Waals surface area contributed by atoms with E-state index in [-0.39, 0.29) is 11.8 Å². The van der Waals surface area contributed by atoms with E-state index in [1.165, 1.54) is 6.92 Å². The third kappa shape index (κ3) is 5.01. The van der Waals surface area contributed by atoms with Gasteiger partial charge in [0.25, 0.3) is 5.91 Å². The summed E-state index contributed by atoms with van der Waals surface area (Å²) >= 11 is 0. The zero-order valence-corrected chi connectivity index (χ0v) is 18.8. The number of ether oxygens (including phenoxy) is 1. The Morgan fingerprint density at radius 3 is 2.42 bits per heavy atom. The second-order valence-electron chi connectivity index (χ2n) is 7.72. The van der Waals surface area contributed by atoms with E-state index >= 15 is 0 Å². The number of para-hydroxylation sites is 2. The Labute approximate surface area is 192 Å². The number of hydrogen-bond acceptors (Lipinski definition) is 4. The van der Waals surface area contributed by atoms with Gasteiger partial charge in [-0.25, -0.2) is 4.98 Å². The first-order valence-corrected chi connectivity index (χ1v) is 10.8. The molecule has 0 radical (unpaired) electrons. The Hall–Kier alpha value is -4.19. The first-order valence-electron chi connectivity index (χ1n) is 10.8. The lowest BCUT2D eigenvalue weighted by molar-refractivity contribution is -0.114. The Morgan fingerprint density at radius 2 is 1.70 bits per heavy atom. The van der Waals surface area contributed by atoms with E-state index < -0.39 is 0 Å². The van der Waals surface area contributed by atoms with Gasteiger partial charge >= 0.3 is 0 Å². The Bertz CT molecular complexity index is 1330. The molecule has 0 bridgehead atoms. The molecule has 0 unspecified atom stereocenters. The molecule has 4 rings (SSSR count). The number of amides is 2. The number of fused-ring (bicyclic) bond motifs is 1. The molecule has 3 aromatic carbocycles. The molecule has 4 aromatic rings. The van der Waals surface area contributed by atoms with Crippen molar-refractivity contribution in [2.24, 2.45) is 0 Å². The molecule has 0 aliphatic rings. The average Bonchev–Trinajstić information content (AvgIpc) is 2.80. The summed E-state index contributed by atoms with van der Waals surface area (Å²) in [7, 11) is 0. The number of benzene rings is 3. The smallest absolute Gasteiger partial charge is 0.256 e.